The molecule has 0 aliphatic carbocycles. The van der Waals surface area contributed by atoms with Crippen LogP contribution < -0.4 is 10.6 Å². The molecule has 0 heterocycles. The van der Waals surface area contributed by atoms with Crippen molar-refractivity contribution in [2.45, 2.75) is 12.5 Å². The van der Waals surface area contributed by atoms with Gasteiger partial charge >= 0.3 is 0 Å². The largest absolute Gasteiger partial charge is 0.383 e. The highest BCUT2D eigenvalue weighted by Gasteiger charge is 2.10. The summed E-state index contributed by atoms with van der Waals surface area (Å²) in [5.41, 5.74) is 1.17. The van der Waals surface area contributed by atoms with Crippen molar-refractivity contribution in [2.24, 2.45) is 0 Å². The first kappa shape index (κ1) is 13.7. The molecule has 0 spiro atoms. The van der Waals surface area contributed by atoms with E-state index in [9.17, 15) is 4.79 Å². The third-order valence-electron chi connectivity index (χ3n) is 2.56. The molecule has 0 saturated heterocycles. The molecule has 1 unspecified atom stereocenters. The van der Waals surface area contributed by atoms with Gasteiger partial charge in [-0.1, -0.05) is 30.3 Å². The molecule has 0 radical (unpaired) electrons. The van der Waals surface area contributed by atoms with Gasteiger partial charge in [-0.3, -0.25) is 4.79 Å². The third kappa shape index (κ3) is 4.97. The molecule has 4 heteroatoms. The summed E-state index contributed by atoms with van der Waals surface area (Å²) in [5.74, 6) is 0.0433. The second-order valence-corrected chi connectivity index (χ2v) is 3.80. The average Bonchev–Trinajstić information content (AvgIpc) is 2.38. The summed E-state index contributed by atoms with van der Waals surface area (Å²) >= 11 is 0. The Morgan fingerprint density at radius 2 is 2.06 bits per heavy atom. The van der Waals surface area contributed by atoms with Crippen LogP contribution in [0.15, 0.2) is 30.3 Å². The van der Waals surface area contributed by atoms with Crippen LogP contribution in [-0.2, 0) is 9.53 Å². The van der Waals surface area contributed by atoms with Crippen molar-refractivity contribution in [3.05, 3.63) is 35.9 Å². The first-order chi connectivity index (χ1) is 8.27. The van der Waals surface area contributed by atoms with E-state index >= 15 is 0 Å². The Labute approximate surface area is 102 Å². The van der Waals surface area contributed by atoms with E-state index in [1.54, 1.807) is 14.2 Å². The smallest absolute Gasteiger partial charge is 0.221 e. The second-order valence-electron chi connectivity index (χ2n) is 3.80. The lowest BCUT2D eigenvalue weighted by Gasteiger charge is -2.18. The minimum atomic E-state index is 0.0433. The van der Waals surface area contributed by atoms with Gasteiger partial charge in [0, 0.05) is 27.1 Å². The summed E-state index contributed by atoms with van der Waals surface area (Å²) < 4.78 is 5.18. The van der Waals surface area contributed by atoms with Gasteiger partial charge in [0.15, 0.2) is 0 Å². The third-order valence-corrected chi connectivity index (χ3v) is 2.56. The Hall–Kier alpha value is -1.39. The predicted molar refractivity (Wildman–Crippen MR) is 67.7 cm³/mol. The maximum atomic E-state index is 11.1. The Morgan fingerprint density at radius 3 is 2.65 bits per heavy atom. The number of rotatable bonds is 7. The molecule has 0 aliphatic rings. The molecule has 94 valence electrons. The normalized spacial score (nSPS) is 12.1. The highest BCUT2D eigenvalue weighted by molar-refractivity contribution is 5.75. The zero-order valence-electron chi connectivity index (χ0n) is 10.4. The van der Waals surface area contributed by atoms with Crippen molar-refractivity contribution in [1.29, 1.82) is 0 Å². The van der Waals surface area contributed by atoms with Crippen molar-refractivity contribution in [2.75, 3.05) is 27.3 Å². The van der Waals surface area contributed by atoms with Crippen LogP contribution in [0.1, 0.15) is 18.0 Å². The van der Waals surface area contributed by atoms with E-state index in [0.717, 1.165) is 0 Å². The molecule has 0 aliphatic heterocycles. The van der Waals surface area contributed by atoms with Crippen LogP contribution in [0.3, 0.4) is 0 Å². The zero-order valence-corrected chi connectivity index (χ0v) is 10.4. The van der Waals surface area contributed by atoms with Gasteiger partial charge in [0.25, 0.3) is 0 Å². The van der Waals surface area contributed by atoms with Gasteiger partial charge in [0.1, 0.15) is 0 Å². The van der Waals surface area contributed by atoms with Gasteiger partial charge in [-0.2, -0.15) is 0 Å². The van der Waals surface area contributed by atoms with Gasteiger partial charge in [-0.05, 0) is 5.56 Å². The van der Waals surface area contributed by atoms with Gasteiger partial charge in [0.2, 0.25) is 5.91 Å². The van der Waals surface area contributed by atoms with Crippen LogP contribution >= 0.6 is 0 Å². The predicted octanol–water partition coefficient (Wildman–Crippen LogP) is 1.10. The standard InChI is InChI=1S/C13H20N2O2/c1-14-13(16)8-9-15-12(10-17-2)11-6-4-3-5-7-11/h3-7,12,15H,8-10H2,1-2H3,(H,14,16). The number of nitrogens with one attached hydrogen (secondary N) is 2. The van der Waals surface area contributed by atoms with Crippen LogP contribution in [0, 0.1) is 0 Å². The summed E-state index contributed by atoms with van der Waals surface area (Å²) in [7, 11) is 3.32. The average molecular weight is 236 g/mol. The summed E-state index contributed by atoms with van der Waals surface area (Å²) in [6.07, 6.45) is 0.476. The second kappa shape index (κ2) is 7.81. The molecule has 4 nitrogen and oxygen atoms in total. The maximum absolute atomic E-state index is 11.1. The van der Waals surface area contributed by atoms with Crippen LogP contribution in [0.2, 0.25) is 0 Å². The Balaban J connectivity index is 2.47. The quantitative estimate of drug-likeness (QED) is 0.745. The first-order valence-electron chi connectivity index (χ1n) is 5.75. The van der Waals surface area contributed by atoms with E-state index in [-0.39, 0.29) is 11.9 Å². The minimum absolute atomic E-state index is 0.0433. The molecule has 1 amide bonds. The van der Waals surface area contributed by atoms with Gasteiger partial charge in [-0.15, -0.1) is 0 Å². The fourth-order valence-corrected chi connectivity index (χ4v) is 1.61. The van der Waals surface area contributed by atoms with Crippen molar-refractivity contribution in [3.63, 3.8) is 0 Å². The van der Waals surface area contributed by atoms with E-state index in [1.165, 1.54) is 5.56 Å². The van der Waals surface area contributed by atoms with Crippen molar-refractivity contribution < 1.29 is 9.53 Å². The minimum Gasteiger partial charge on any atom is -0.383 e. The molecular weight excluding hydrogens is 216 g/mol. The number of hydrogen-bond donors (Lipinski definition) is 2. The topological polar surface area (TPSA) is 50.4 Å². The van der Waals surface area contributed by atoms with Crippen molar-refractivity contribution >= 4 is 5.91 Å². The highest BCUT2D eigenvalue weighted by atomic mass is 16.5. The van der Waals surface area contributed by atoms with E-state index in [1.807, 2.05) is 18.2 Å². The monoisotopic (exact) mass is 236 g/mol. The van der Waals surface area contributed by atoms with E-state index < -0.39 is 0 Å². The molecule has 2 N–H and O–H groups in total. The number of methoxy groups -OCH3 is 1. The van der Waals surface area contributed by atoms with E-state index in [2.05, 4.69) is 22.8 Å². The molecular formula is C13H20N2O2. The summed E-state index contributed by atoms with van der Waals surface area (Å²) in [5, 5.41) is 5.92. The van der Waals surface area contributed by atoms with Crippen LogP contribution in [0.5, 0.6) is 0 Å². The molecule has 0 aromatic heterocycles. The fraction of sp³-hybridized carbons (Fsp3) is 0.462. The van der Waals surface area contributed by atoms with Crippen LogP contribution in [-0.4, -0.2) is 33.2 Å². The fourth-order valence-electron chi connectivity index (χ4n) is 1.61. The lowest BCUT2D eigenvalue weighted by atomic mass is 10.1. The van der Waals surface area contributed by atoms with E-state index in [0.29, 0.717) is 19.6 Å². The first-order valence-corrected chi connectivity index (χ1v) is 5.75. The zero-order chi connectivity index (χ0) is 12.5. The molecule has 0 fully saturated rings. The molecule has 1 aromatic carbocycles. The maximum Gasteiger partial charge on any atom is 0.221 e. The number of hydrogen-bond acceptors (Lipinski definition) is 3. The lowest BCUT2D eigenvalue weighted by Crippen LogP contribution is -2.29. The van der Waals surface area contributed by atoms with Crippen LogP contribution in [0.4, 0.5) is 0 Å². The number of ether oxygens (including phenoxy) is 1. The lowest BCUT2D eigenvalue weighted by molar-refractivity contribution is -0.120. The Morgan fingerprint density at radius 1 is 1.35 bits per heavy atom. The molecule has 17 heavy (non-hydrogen) atoms. The molecule has 0 saturated carbocycles. The Kier molecular flexibility index (Phi) is 6.29. The van der Waals surface area contributed by atoms with E-state index in [4.69, 9.17) is 4.74 Å². The molecule has 1 atom stereocenters. The SMILES string of the molecule is CNC(=O)CCNC(COC)c1ccccc1. The summed E-state index contributed by atoms with van der Waals surface area (Å²) in [6, 6.07) is 10.2. The number of amides is 1. The molecule has 1 rings (SSSR count). The number of carbonyl (C=O) groups excluding carboxylic acids is 1. The molecule has 0 bridgehead atoms. The van der Waals surface area contributed by atoms with Gasteiger partial charge < -0.3 is 15.4 Å². The summed E-state index contributed by atoms with van der Waals surface area (Å²) in [4.78, 5) is 11.1. The van der Waals surface area contributed by atoms with Gasteiger partial charge in [-0.25, -0.2) is 0 Å². The van der Waals surface area contributed by atoms with Crippen molar-refractivity contribution in [1.82, 2.24) is 10.6 Å². The van der Waals surface area contributed by atoms with Crippen molar-refractivity contribution in [3.8, 4) is 0 Å². The highest BCUT2D eigenvalue weighted by Crippen LogP contribution is 2.12. The van der Waals surface area contributed by atoms with Gasteiger partial charge in [0.05, 0.1) is 12.6 Å². The summed E-state index contributed by atoms with van der Waals surface area (Å²) in [6.45, 7) is 1.24. The number of benzene rings is 1. The Bertz CT molecular complexity index is 327. The number of carbonyl (C=O) groups is 1. The molecule has 1 aromatic rings. The van der Waals surface area contributed by atoms with Crippen LogP contribution in [0.25, 0.3) is 0 Å².